The normalized spacial score (nSPS) is 17.1. The molecule has 29 heavy (non-hydrogen) atoms. The van der Waals surface area contributed by atoms with E-state index >= 15 is 0 Å². The predicted molar refractivity (Wildman–Crippen MR) is 120 cm³/mol. The molecule has 7 heteroatoms. The second-order valence-corrected chi connectivity index (χ2v) is 10.9. The molecule has 5 nitrogen and oxygen atoms in total. The van der Waals surface area contributed by atoms with E-state index in [1.54, 1.807) is 12.1 Å². The third-order valence-corrected chi connectivity index (χ3v) is 8.15. The maximum absolute atomic E-state index is 13.3. The number of ether oxygens (including phenoxy) is 1. The average Bonchev–Trinajstić information content (AvgIpc) is 3.04. The molecule has 2 heterocycles. The van der Waals surface area contributed by atoms with Gasteiger partial charge in [0.05, 0.1) is 0 Å². The Kier molecular flexibility index (Phi) is 6.94. The molecular weight excluding hydrogens is 594 g/mol. The fraction of sp³-hybridized carbons (Fsp3) is 0.364. The maximum atomic E-state index is 13.3. The molecule has 0 bridgehead atoms. The van der Waals surface area contributed by atoms with Crippen molar-refractivity contribution in [1.82, 2.24) is 0 Å². The molecule has 4 rings (SSSR count). The Hall–Kier alpha value is -1.36. The van der Waals surface area contributed by atoms with E-state index in [-0.39, 0.29) is 38.9 Å². The van der Waals surface area contributed by atoms with E-state index in [2.05, 4.69) is 33.6 Å². The van der Waals surface area contributed by atoms with E-state index in [4.69, 9.17) is 4.74 Å². The number of nitrogens with zero attached hydrogens (tertiary/aromatic N) is 2. The number of amides is 1. The first-order valence-corrected chi connectivity index (χ1v) is 14.3. The number of para-hydroxylation sites is 1. The van der Waals surface area contributed by atoms with Gasteiger partial charge < -0.3 is 0 Å². The third-order valence-electron chi connectivity index (χ3n) is 5.11. The van der Waals surface area contributed by atoms with Crippen LogP contribution in [0.2, 0.25) is 0 Å². The number of carbonyl (C=O) groups excluding carboxylic acids is 1. The van der Waals surface area contributed by atoms with Crippen LogP contribution in [0.4, 0.5) is 11.4 Å². The van der Waals surface area contributed by atoms with Crippen molar-refractivity contribution in [3.05, 3.63) is 47.5 Å². The Labute approximate surface area is 194 Å². The molecule has 154 valence electrons. The van der Waals surface area contributed by atoms with Crippen molar-refractivity contribution in [2.45, 2.75) is 31.7 Å². The number of fused-ring (bicyclic) bond motifs is 4. The molecule has 0 unspecified atom stereocenters. The Morgan fingerprint density at radius 2 is 2.10 bits per heavy atom. The Morgan fingerprint density at radius 1 is 1.24 bits per heavy atom. The van der Waals surface area contributed by atoms with Crippen LogP contribution in [0.3, 0.4) is 0 Å². The van der Waals surface area contributed by atoms with Gasteiger partial charge in [-0.3, -0.25) is 0 Å². The van der Waals surface area contributed by atoms with Gasteiger partial charge in [0.25, 0.3) is 0 Å². The molecule has 0 aromatic heterocycles. The summed E-state index contributed by atoms with van der Waals surface area (Å²) in [5, 5.41) is 10.4. The molecule has 2 aliphatic heterocycles. The topological polar surface area (TPSA) is 62.1 Å². The molecule has 2 aliphatic rings. The number of phenolic OH excluding ortho intramolecular Hbond substituents is 1. The van der Waals surface area contributed by atoms with Gasteiger partial charge in [-0.15, -0.1) is 0 Å². The Balaban J connectivity index is 1.49. The van der Waals surface area contributed by atoms with Crippen molar-refractivity contribution in [2.24, 2.45) is 4.99 Å². The summed E-state index contributed by atoms with van der Waals surface area (Å²) in [6.45, 7) is 0. The Bertz CT molecular complexity index is 932. The van der Waals surface area contributed by atoms with Crippen LogP contribution in [0.15, 0.2) is 41.4 Å². The van der Waals surface area contributed by atoms with Crippen LogP contribution in [0.1, 0.15) is 35.2 Å². The molecule has 1 N–H and O–H groups in total. The van der Waals surface area contributed by atoms with Gasteiger partial charge in [-0.05, 0) is 0 Å². The number of halogens is 2. The number of unbranched alkanes of at least 4 members (excludes halogenated alkanes) is 2. The summed E-state index contributed by atoms with van der Waals surface area (Å²) >= 11 is 2.35. The van der Waals surface area contributed by atoms with E-state index in [0.29, 0.717) is 21.6 Å². The van der Waals surface area contributed by atoms with E-state index in [1.807, 2.05) is 29.3 Å². The molecule has 0 saturated heterocycles. The molecule has 0 saturated carbocycles. The van der Waals surface area contributed by atoms with E-state index < -0.39 is 0 Å². The minimum absolute atomic E-state index is 0.0464. The number of carbonyl (C=O) groups is 1. The van der Waals surface area contributed by atoms with Crippen molar-refractivity contribution in [1.29, 1.82) is 0 Å². The molecule has 2 aromatic carbocycles. The van der Waals surface area contributed by atoms with Crippen molar-refractivity contribution in [2.75, 3.05) is 18.4 Å². The van der Waals surface area contributed by atoms with Crippen molar-refractivity contribution >= 4 is 46.1 Å². The van der Waals surface area contributed by atoms with Gasteiger partial charge in [0.1, 0.15) is 0 Å². The molecule has 2 aromatic rings. The van der Waals surface area contributed by atoms with Crippen molar-refractivity contribution < 1.29 is 35.8 Å². The second kappa shape index (κ2) is 9.63. The predicted octanol–water partition coefficient (Wildman–Crippen LogP) is 1.71. The molecule has 0 radical (unpaired) electrons. The number of rotatable bonds is 8. The van der Waals surface area contributed by atoms with Gasteiger partial charge in [0.15, 0.2) is 0 Å². The number of hydrogen-bond acceptors (Lipinski definition) is 4. The molecule has 1 amide bonds. The summed E-state index contributed by atoms with van der Waals surface area (Å²) in [5.41, 5.74) is 3.08. The summed E-state index contributed by atoms with van der Waals surface area (Å²) in [4.78, 5) is 19.7. The molecule has 0 spiro atoms. The summed E-state index contributed by atoms with van der Waals surface area (Å²) in [5.74, 6) is 0.334. The van der Waals surface area contributed by atoms with Crippen molar-refractivity contribution in [3.63, 3.8) is 0 Å². The summed E-state index contributed by atoms with van der Waals surface area (Å²) < 4.78 is 8.93. The summed E-state index contributed by atoms with van der Waals surface area (Å²) in [6.07, 6.45) is 6.37. The standard InChI is InChI=1S/C22H23I2N2O3/c23-8-4-1-5-9-24-14-29-21-11-17-18(12-20(21)27)25-13-16-10-15-6-2-3-7-19(15)26(16)22(17)28/h2-3,6-7,11-13,16,27H,1,4-5,8-10,14H2/q-1/t16-/m0/s1. The number of anilines is 1. The quantitative estimate of drug-likeness (QED) is 0.279. The number of alkyl halides is 3. The van der Waals surface area contributed by atoms with Gasteiger partial charge >= 0.3 is 196 Å². The van der Waals surface area contributed by atoms with E-state index in [9.17, 15) is 9.90 Å². The van der Waals surface area contributed by atoms with Crippen LogP contribution in [-0.4, -0.2) is 36.7 Å². The van der Waals surface area contributed by atoms with Crippen molar-refractivity contribution in [3.8, 4) is 11.5 Å². The number of phenols is 1. The monoisotopic (exact) mass is 617 g/mol. The number of benzene rings is 2. The first-order valence-electron chi connectivity index (χ1n) is 9.74. The first-order chi connectivity index (χ1) is 14.2. The second-order valence-electron chi connectivity index (χ2n) is 7.07. The Morgan fingerprint density at radius 3 is 2.97 bits per heavy atom. The molecule has 0 aliphatic carbocycles. The van der Waals surface area contributed by atoms with E-state index in [1.165, 1.54) is 28.1 Å². The van der Waals surface area contributed by atoms with Crippen LogP contribution < -0.4 is 30.8 Å². The van der Waals surface area contributed by atoms with E-state index in [0.717, 1.165) is 17.7 Å². The van der Waals surface area contributed by atoms with Gasteiger partial charge in [-0.1, -0.05) is 0 Å². The summed E-state index contributed by atoms with van der Waals surface area (Å²) in [6, 6.07) is 11.1. The van der Waals surface area contributed by atoms with Crippen LogP contribution in [0.5, 0.6) is 11.5 Å². The SMILES string of the molecule is O=C1c2cc(OC[I-]CCCCCI)c(O)cc2N=C[C@@H]2Cc3ccccc3N12. The zero-order chi connectivity index (χ0) is 20.2. The van der Waals surface area contributed by atoms with Crippen LogP contribution >= 0.6 is 22.6 Å². The minimum atomic E-state index is -0.0919. The number of hydrogen-bond donors (Lipinski definition) is 1. The third kappa shape index (κ3) is 4.55. The van der Waals surface area contributed by atoms with Crippen LogP contribution in [-0.2, 0) is 6.42 Å². The zero-order valence-corrected chi connectivity index (χ0v) is 20.3. The zero-order valence-electron chi connectivity index (χ0n) is 16.0. The fourth-order valence-corrected chi connectivity index (χ4v) is 6.14. The molecule has 1 atom stereocenters. The van der Waals surface area contributed by atoms with Crippen LogP contribution in [0.25, 0.3) is 0 Å². The first kappa shape index (κ1) is 20.9. The number of aliphatic imine (C=N–C) groups is 1. The van der Waals surface area contributed by atoms with Gasteiger partial charge in [-0.25, -0.2) is 0 Å². The number of aromatic hydroxyl groups is 1. The fourth-order valence-electron chi connectivity index (χ4n) is 3.65. The van der Waals surface area contributed by atoms with Gasteiger partial charge in [0.2, 0.25) is 0 Å². The molecule has 0 fully saturated rings. The molecular formula is C22H23I2N2O3-. The summed E-state index contributed by atoms with van der Waals surface area (Å²) in [7, 11) is 0. The average molecular weight is 617 g/mol. The van der Waals surface area contributed by atoms with Gasteiger partial charge in [-0.2, -0.15) is 0 Å². The van der Waals surface area contributed by atoms with Gasteiger partial charge in [0, 0.05) is 0 Å². The van der Waals surface area contributed by atoms with Crippen LogP contribution in [0, 0.1) is 0 Å².